The fraction of sp³-hybridized carbons (Fsp3) is 0.412. The van der Waals surface area contributed by atoms with Crippen molar-refractivity contribution in [3.63, 3.8) is 0 Å². The van der Waals surface area contributed by atoms with Crippen LogP contribution in [-0.2, 0) is 18.3 Å². The van der Waals surface area contributed by atoms with E-state index < -0.39 is 0 Å². The van der Waals surface area contributed by atoms with E-state index in [-0.39, 0.29) is 11.8 Å². The van der Waals surface area contributed by atoms with Gasteiger partial charge in [-0.2, -0.15) is 0 Å². The number of carbonyl (C=O) groups excluding carboxylic acids is 2. The lowest BCUT2D eigenvalue weighted by Gasteiger charge is -2.22. The average molecular weight is 314 g/mol. The lowest BCUT2D eigenvalue weighted by atomic mass is 10.2. The van der Waals surface area contributed by atoms with E-state index in [9.17, 15) is 9.59 Å². The third-order valence-corrected chi connectivity index (χ3v) is 4.23. The number of rotatable bonds is 3. The van der Waals surface area contributed by atoms with Crippen molar-refractivity contribution in [2.45, 2.75) is 12.8 Å². The minimum atomic E-state index is 0.0311. The molecule has 122 valence electrons. The Hall–Kier alpha value is -2.50. The zero-order valence-corrected chi connectivity index (χ0v) is 13.4. The molecule has 2 aromatic heterocycles. The van der Waals surface area contributed by atoms with Gasteiger partial charge in [-0.3, -0.25) is 9.59 Å². The van der Waals surface area contributed by atoms with Crippen molar-refractivity contribution in [3.05, 3.63) is 48.0 Å². The molecule has 0 aliphatic carbocycles. The highest BCUT2D eigenvalue weighted by Crippen LogP contribution is 2.11. The predicted molar refractivity (Wildman–Crippen MR) is 87.0 cm³/mol. The Bertz CT molecular complexity index is 675. The predicted octanol–water partition coefficient (Wildman–Crippen LogP) is 1.27. The van der Waals surface area contributed by atoms with Crippen LogP contribution >= 0.6 is 0 Å². The molecule has 1 saturated heterocycles. The first-order valence-corrected chi connectivity index (χ1v) is 7.94. The zero-order chi connectivity index (χ0) is 16.2. The van der Waals surface area contributed by atoms with E-state index in [0.29, 0.717) is 38.2 Å². The number of aromatic nitrogens is 2. The zero-order valence-electron chi connectivity index (χ0n) is 13.4. The summed E-state index contributed by atoms with van der Waals surface area (Å²) < 4.78 is 1.95. The molecule has 6 nitrogen and oxygen atoms in total. The minimum Gasteiger partial charge on any atom is -0.367 e. The highest BCUT2D eigenvalue weighted by molar-refractivity contribution is 5.94. The number of H-pyrrole nitrogens is 1. The maximum absolute atomic E-state index is 12.4. The van der Waals surface area contributed by atoms with Crippen LogP contribution < -0.4 is 0 Å². The van der Waals surface area contributed by atoms with Gasteiger partial charge < -0.3 is 19.4 Å². The molecule has 0 spiro atoms. The second-order valence-corrected chi connectivity index (χ2v) is 5.99. The van der Waals surface area contributed by atoms with Gasteiger partial charge in [0.15, 0.2) is 0 Å². The van der Waals surface area contributed by atoms with Crippen molar-refractivity contribution < 1.29 is 9.59 Å². The van der Waals surface area contributed by atoms with Crippen molar-refractivity contribution in [3.8, 4) is 0 Å². The molecular weight excluding hydrogens is 292 g/mol. The first-order valence-electron chi connectivity index (χ1n) is 7.94. The molecule has 2 aromatic rings. The van der Waals surface area contributed by atoms with Gasteiger partial charge in [0, 0.05) is 58.0 Å². The van der Waals surface area contributed by atoms with Crippen LogP contribution in [0.3, 0.4) is 0 Å². The van der Waals surface area contributed by atoms with Crippen LogP contribution in [0.15, 0.2) is 36.9 Å². The summed E-state index contributed by atoms with van der Waals surface area (Å²) in [5.41, 5.74) is 1.70. The van der Waals surface area contributed by atoms with E-state index in [2.05, 4.69) is 4.98 Å². The summed E-state index contributed by atoms with van der Waals surface area (Å²) in [4.78, 5) is 31.4. The van der Waals surface area contributed by atoms with E-state index in [1.165, 1.54) is 0 Å². The van der Waals surface area contributed by atoms with Gasteiger partial charge in [0.25, 0.3) is 5.91 Å². The number of nitrogens with zero attached hydrogens (tertiary/aromatic N) is 3. The highest BCUT2D eigenvalue weighted by Gasteiger charge is 2.23. The molecule has 0 saturated carbocycles. The van der Waals surface area contributed by atoms with Gasteiger partial charge in [0.1, 0.15) is 0 Å². The Kier molecular flexibility index (Phi) is 4.50. The molecule has 0 bridgehead atoms. The smallest absolute Gasteiger partial charge is 0.255 e. The molecule has 3 rings (SSSR count). The van der Waals surface area contributed by atoms with Crippen LogP contribution in [0.2, 0.25) is 0 Å². The maximum atomic E-state index is 12.4. The monoisotopic (exact) mass is 314 g/mol. The van der Waals surface area contributed by atoms with Crippen LogP contribution in [0.4, 0.5) is 0 Å². The molecule has 1 aliphatic heterocycles. The van der Waals surface area contributed by atoms with E-state index in [0.717, 1.165) is 12.0 Å². The Balaban J connectivity index is 1.57. The molecule has 1 fully saturated rings. The number of nitrogens with one attached hydrogen (secondary N) is 1. The second-order valence-electron chi connectivity index (χ2n) is 5.99. The first-order chi connectivity index (χ1) is 11.1. The lowest BCUT2D eigenvalue weighted by molar-refractivity contribution is -0.130. The molecule has 0 aromatic carbocycles. The summed E-state index contributed by atoms with van der Waals surface area (Å²) in [7, 11) is 1.95. The number of aromatic amines is 1. The van der Waals surface area contributed by atoms with Crippen molar-refractivity contribution in [1.29, 1.82) is 0 Å². The minimum absolute atomic E-state index is 0.0311. The van der Waals surface area contributed by atoms with Crippen LogP contribution in [0.25, 0.3) is 0 Å². The molecule has 0 unspecified atom stereocenters. The molecule has 1 aliphatic rings. The van der Waals surface area contributed by atoms with Crippen LogP contribution in [0.1, 0.15) is 22.3 Å². The summed E-state index contributed by atoms with van der Waals surface area (Å²) in [6.45, 7) is 2.59. The molecule has 6 heteroatoms. The largest absolute Gasteiger partial charge is 0.367 e. The Labute approximate surface area is 135 Å². The Morgan fingerprint density at radius 2 is 1.91 bits per heavy atom. The van der Waals surface area contributed by atoms with Crippen molar-refractivity contribution in [2.24, 2.45) is 7.05 Å². The molecule has 3 heterocycles. The van der Waals surface area contributed by atoms with Gasteiger partial charge in [-0.25, -0.2) is 0 Å². The van der Waals surface area contributed by atoms with Gasteiger partial charge in [0.2, 0.25) is 5.91 Å². The average Bonchev–Trinajstić information content (AvgIpc) is 3.13. The van der Waals surface area contributed by atoms with Crippen LogP contribution in [0, 0.1) is 0 Å². The SMILES string of the molecule is Cn1ccc(CC(=O)N2CCCN(C(=O)c3cc[nH]c3)CC2)c1. The number of hydrogen-bond acceptors (Lipinski definition) is 2. The van der Waals surface area contributed by atoms with Crippen LogP contribution in [-0.4, -0.2) is 57.3 Å². The molecule has 0 atom stereocenters. The van der Waals surface area contributed by atoms with E-state index in [4.69, 9.17) is 0 Å². The second kappa shape index (κ2) is 6.73. The van der Waals surface area contributed by atoms with Crippen molar-refractivity contribution in [1.82, 2.24) is 19.4 Å². The molecular formula is C17H22N4O2. The van der Waals surface area contributed by atoms with Gasteiger partial charge in [-0.05, 0) is 24.1 Å². The van der Waals surface area contributed by atoms with E-state index in [1.54, 1.807) is 18.5 Å². The van der Waals surface area contributed by atoms with E-state index in [1.807, 2.05) is 39.9 Å². The fourth-order valence-electron chi connectivity index (χ4n) is 2.96. The molecule has 23 heavy (non-hydrogen) atoms. The lowest BCUT2D eigenvalue weighted by Crippen LogP contribution is -2.37. The molecule has 2 amide bonds. The summed E-state index contributed by atoms with van der Waals surface area (Å²) >= 11 is 0. The standard InChI is InChI=1S/C17H22N4O2/c1-19-8-4-14(13-19)11-16(22)20-6-2-7-21(10-9-20)17(23)15-3-5-18-12-15/h3-5,8,12-13,18H,2,6-7,9-11H2,1H3. The van der Waals surface area contributed by atoms with Gasteiger partial charge in [0.05, 0.1) is 12.0 Å². The maximum Gasteiger partial charge on any atom is 0.255 e. The number of carbonyl (C=O) groups is 2. The van der Waals surface area contributed by atoms with E-state index >= 15 is 0 Å². The topological polar surface area (TPSA) is 61.3 Å². The summed E-state index contributed by atoms with van der Waals surface area (Å²) in [5.74, 6) is 0.163. The Morgan fingerprint density at radius 3 is 2.61 bits per heavy atom. The molecule has 1 N–H and O–H groups in total. The van der Waals surface area contributed by atoms with Crippen LogP contribution in [0.5, 0.6) is 0 Å². The Morgan fingerprint density at radius 1 is 1.13 bits per heavy atom. The van der Waals surface area contributed by atoms with Crippen molar-refractivity contribution >= 4 is 11.8 Å². The van der Waals surface area contributed by atoms with Gasteiger partial charge in [-0.15, -0.1) is 0 Å². The number of hydrogen-bond donors (Lipinski definition) is 1. The third-order valence-electron chi connectivity index (χ3n) is 4.23. The summed E-state index contributed by atoms with van der Waals surface area (Å²) in [6, 6.07) is 3.75. The summed E-state index contributed by atoms with van der Waals surface area (Å²) in [5, 5.41) is 0. The van der Waals surface area contributed by atoms with Crippen molar-refractivity contribution in [2.75, 3.05) is 26.2 Å². The van der Waals surface area contributed by atoms with Gasteiger partial charge >= 0.3 is 0 Å². The number of aryl methyl sites for hydroxylation is 1. The first kappa shape index (κ1) is 15.4. The summed E-state index contributed by atoms with van der Waals surface area (Å²) in [6.07, 6.45) is 8.62. The molecule has 0 radical (unpaired) electrons. The quantitative estimate of drug-likeness (QED) is 0.927. The third kappa shape index (κ3) is 3.64. The van der Waals surface area contributed by atoms with Gasteiger partial charge in [-0.1, -0.05) is 0 Å². The number of amides is 2. The highest BCUT2D eigenvalue weighted by atomic mass is 16.2. The fourth-order valence-corrected chi connectivity index (χ4v) is 2.96. The normalized spacial score (nSPS) is 15.5.